The second-order valence-electron chi connectivity index (χ2n) is 3.36. The van der Waals surface area contributed by atoms with Gasteiger partial charge in [0.05, 0.1) is 5.25 Å². The molecule has 0 bridgehead atoms. The molecule has 0 radical (unpaired) electrons. The van der Waals surface area contributed by atoms with E-state index in [4.69, 9.17) is 0 Å². The second-order valence-corrected chi connectivity index (χ2v) is 4.98. The first-order valence-electron chi connectivity index (χ1n) is 3.93. The zero-order valence-electron chi connectivity index (χ0n) is 6.59. The highest BCUT2D eigenvalue weighted by Crippen LogP contribution is 2.28. The summed E-state index contributed by atoms with van der Waals surface area (Å²) >= 11 is 0. The van der Waals surface area contributed by atoms with Gasteiger partial charge in [-0.05, 0) is 31.6 Å². The van der Waals surface area contributed by atoms with Crippen molar-refractivity contribution in [1.82, 2.24) is 0 Å². The average Bonchev–Trinajstić information content (AvgIpc) is 1.86. The van der Waals surface area contributed by atoms with E-state index in [1.807, 2.05) is 0 Å². The Balaban J connectivity index is 2.53. The van der Waals surface area contributed by atoms with Gasteiger partial charge in [0, 0.05) is 0 Å². The van der Waals surface area contributed by atoms with Crippen molar-refractivity contribution in [2.45, 2.75) is 37.9 Å². The Kier molecular flexibility index (Phi) is 2.52. The third-order valence-electron chi connectivity index (χ3n) is 2.36. The normalized spacial score (nSPS) is 33.6. The fraction of sp³-hybridized carbons (Fsp3) is 1.00. The Morgan fingerprint density at radius 2 is 1.64 bits per heavy atom. The van der Waals surface area contributed by atoms with E-state index in [9.17, 15) is 12.3 Å². The summed E-state index contributed by atoms with van der Waals surface area (Å²) in [6, 6.07) is 0. The first-order valence-corrected chi connectivity index (χ1v) is 5.38. The fourth-order valence-corrected chi connectivity index (χ4v) is 2.35. The van der Waals surface area contributed by atoms with Crippen molar-refractivity contribution in [3.05, 3.63) is 0 Å². The summed E-state index contributed by atoms with van der Waals surface area (Å²) in [5.41, 5.74) is 0. The van der Waals surface area contributed by atoms with Crippen LogP contribution < -0.4 is 0 Å². The molecule has 0 aliphatic heterocycles. The summed E-state index contributed by atoms with van der Waals surface area (Å²) in [6.07, 6.45) is 2.68. The quantitative estimate of drug-likeness (QED) is 0.577. The number of halogens is 1. The van der Waals surface area contributed by atoms with Crippen molar-refractivity contribution >= 4 is 10.2 Å². The van der Waals surface area contributed by atoms with E-state index < -0.39 is 15.5 Å². The molecular weight excluding hydrogens is 167 g/mol. The molecule has 0 aromatic carbocycles. The van der Waals surface area contributed by atoms with Crippen molar-refractivity contribution < 1.29 is 12.3 Å². The molecule has 0 aromatic rings. The van der Waals surface area contributed by atoms with E-state index in [2.05, 4.69) is 6.92 Å². The Labute approximate surface area is 67.0 Å². The molecule has 0 unspecified atom stereocenters. The second kappa shape index (κ2) is 3.09. The van der Waals surface area contributed by atoms with Gasteiger partial charge in [-0.15, -0.1) is 3.89 Å². The van der Waals surface area contributed by atoms with Crippen molar-refractivity contribution in [2.24, 2.45) is 5.92 Å². The van der Waals surface area contributed by atoms with Crippen LogP contribution in [-0.4, -0.2) is 13.7 Å². The molecule has 1 fully saturated rings. The maximum absolute atomic E-state index is 12.4. The van der Waals surface area contributed by atoms with E-state index >= 15 is 0 Å². The predicted octanol–water partition coefficient (Wildman–Crippen LogP) is 1.86. The van der Waals surface area contributed by atoms with E-state index in [-0.39, 0.29) is 0 Å². The lowest BCUT2D eigenvalue weighted by molar-refractivity contribution is 0.375. The van der Waals surface area contributed by atoms with Crippen LogP contribution in [-0.2, 0) is 10.2 Å². The summed E-state index contributed by atoms with van der Waals surface area (Å²) in [6.45, 7) is 2.07. The van der Waals surface area contributed by atoms with Gasteiger partial charge in [0.25, 0.3) is 0 Å². The molecule has 2 nitrogen and oxygen atoms in total. The van der Waals surface area contributed by atoms with Crippen LogP contribution in [0.5, 0.6) is 0 Å². The molecule has 0 heterocycles. The molecule has 0 aromatic heterocycles. The smallest absolute Gasteiger partial charge is 0.195 e. The van der Waals surface area contributed by atoms with Gasteiger partial charge in [0.1, 0.15) is 0 Å². The molecule has 66 valence electrons. The van der Waals surface area contributed by atoms with Gasteiger partial charge >= 0.3 is 10.2 Å². The largest absolute Gasteiger partial charge is 0.305 e. The van der Waals surface area contributed by atoms with Crippen molar-refractivity contribution in [1.29, 1.82) is 0 Å². The number of hydrogen-bond acceptors (Lipinski definition) is 2. The molecule has 1 aliphatic rings. The SMILES string of the molecule is CC1CCC(S(=O)(=O)F)CC1. The van der Waals surface area contributed by atoms with Gasteiger partial charge in [-0.1, -0.05) is 6.92 Å². The maximum atomic E-state index is 12.4. The highest BCUT2D eigenvalue weighted by molar-refractivity contribution is 7.87. The van der Waals surface area contributed by atoms with Crippen molar-refractivity contribution in [3.63, 3.8) is 0 Å². The average molecular weight is 180 g/mol. The Bertz CT molecular complexity index is 215. The lowest BCUT2D eigenvalue weighted by Gasteiger charge is -2.22. The molecule has 0 amide bonds. The fourth-order valence-electron chi connectivity index (χ4n) is 1.51. The minimum atomic E-state index is -4.25. The molecular formula is C7H13FO2S. The van der Waals surface area contributed by atoms with Gasteiger partial charge in [-0.3, -0.25) is 0 Å². The summed E-state index contributed by atoms with van der Waals surface area (Å²) < 4.78 is 33.2. The van der Waals surface area contributed by atoms with Crippen LogP contribution in [0.1, 0.15) is 32.6 Å². The predicted molar refractivity (Wildman–Crippen MR) is 41.4 cm³/mol. The third kappa shape index (κ3) is 2.43. The topological polar surface area (TPSA) is 34.1 Å². The van der Waals surface area contributed by atoms with Gasteiger partial charge < -0.3 is 0 Å². The first kappa shape index (κ1) is 8.97. The van der Waals surface area contributed by atoms with Gasteiger partial charge in [-0.25, -0.2) is 0 Å². The van der Waals surface area contributed by atoms with Gasteiger partial charge in [-0.2, -0.15) is 8.42 Å². The standard InChI is InChI=1S/C7H13FO2S/c1-6-2-4-7(5-3-6)11(8,9)10/h6-7H,2-5H2,1H3. The van der Waals surface area contributed by atoms with Crippen LogP contribution in [0.15, 0.2) is 0 Å². The highest BCUT2D eigenvalue weighted by Gasteiger charge is 2.28. The van der Waals surface area contributed by atoms with Crippen LogP contribution >= 0.6 is 0 Å². The van der Waals surface area contributed by atoms with Crippen LogP contribution in [0, 0.1) is 5.92 Å². The monoisotopic (exact) mass is 180 g/mol. The molecule has 0 saturated heterocycles. The van der Waals surface area contributed by atoms with Crippen molar-refractivity contribution in [2.75, 3.05) is 0 Å². The zero-order valence-corrected chi connectivity index (χ0v) is 7.40. The molecule has 0 atom stereocenters. The molecule has 4 heteroatoms. The zero-order chi connectivity index (χ0) is 8.48. The van der Waals surface area contributed by atoms with Gasteiger partial charge in [0.15, 0.2) is 0 Å². The summed E-state index contributed by atoms with van der Waals surface area (Å²) in [5.74, 6) is 0.563. The van der Waals surface area contributed by atoms with E-state index in [1.54, 1.807) is 0 Å². The van der Waals surface area contributed by atoms with E-state index in [1.165, 1.54) is 0 Å². The minimum absolute atomic E-state index is 0.500. The van der Waals surface area contributed by atoms with Gasteiger partial charge in [0.2, 0.25) is 0 Å². The molecule has 11 heavy (non-hydrogen) atoms. The first-order chi connectivity index (χ1) is 5.00. The van der Waals surface area contributed by atoms with Crippen LogP contribution in [0.2, 0.25) is 0 Å². The minimum Gasteiger partial charge on any atom is -0.195 e. The Morgan fingerprint density at radius 1 is 1.18 bits per heavy atom. The molecule has 0 spiro atoms. The summed E-state index contributed by atoms with van der Waals surface area (Å²) in [7, 11) is -4.25. The molecule has 1 rings (SSSR count). The lowest BCUT2D eigenvalue weighted by Crippen LogP contribution is -2.23. The third-order valence-corrected chi connectivity index (χ3v) is 3.63. The molecule has 1 aliphatic carbocycles. The molecule has 0 N–H and O–H groups in total. The van der Waals surface area contributed by atoms with E-state index in [0.717, 1.165) is 12.8 Å². The summed E-state index contributed by atoms with van der Waals surface area (Å²) in [5, 5.41) is -0.710. The number of hydrogen-bond donors (Lipinski definition) is 0. The van der Waals surface area contributed by atoms with Crippen molar-refractivity contribution in [3.8, 4) is 0 Å². The Hall–Kier alpha value is -0.120. The Morgan fingerprint density at radius 3 is 2.00 bits per heavy atom. The highest BCUT2D eigenvalue weighted by atomic mass is 32.3. The molecule has 1 saturated carbocycles. The number of rotatable bonds is 1. The van der Waals surface area contributed by atoms with Crippen LogP contribution in [0.3, 0.4) is 0 Å². The summed E-state index contributed by atoms with van der Waals surface area (Å²) in [4.78, 5) is 0. The lowest BCUT2D eigenvalue weighted by atomic mass is 9.91. The van der Waals surface area contributed by atoms with Crippen LogP contribution in [0.25, 0.3) is 0 Å². The van der Waals surface area contributed by atoms with E-state index in [0.29, 0.717) is 18.8 Å². The van der Waals surface area contributed by atoms with Crippen LogP contribution in [0.4, 0.5) is 3.89 Å². The maximum Gasteiger partial charge on any atom is 0.305 e.